The fourth-order valence-corrected chi connectivity index (χ4v) is 11.5. The van der Waals surface area contributed by atoms with E-state index in [1.54, 1.807) is 0 Å². The Hall–Kier alpha value is -1.66. The number of carbonyl (C=O) groups is 2. The summed E-state index contributed by atoms with van der Waals surface area (Å²) in [5, 5.41) is 23.4. The van der Waals surface area contributed by atoms with Crippen LogP contribution in [-0.4, -0.2) is 47.4 Å². The van der Waals surface area contributed by atoms with Crippen molar-refractivity contribution < 1.29 is 24.5 Å². The molecule has 0 aromatic heterocycles. The van der Waals surface area contributed by atoms with Crippen molar-refractivity contribution in [2.75, 3.05) is 13.2 Å². The predicted octanol–water partition coefficient (Wildman–Crippen LogP) is 23.3. The molecule has 0 aromatic carbocycles. The Labute approximate surface area is 494 Å². The van der Waals surface area contributed by atoms with E-state index >= 15 is 0 Å². The van der Waals surface area contributed by atoms with Crippen LogP contribution in [0.15, 0.2) is 24.3 Å². The summed E-state index contributed by atoms with van der Waals surface area (Å²) in [4.78, 5) is 24.7. The number of esters is 1. The summed E-state index contributed by atoms with van der Waals surface area (Å²) < 4.78 is 5.51. The Kier molecular flexibility index (Phi) is 67.4. The molecular formula is C73H141NO5. The molecule has 0 aliphatic carbocycles. The first-order valence-electron chi connectivity index (χ1n) is 36.1. The summed E-state index contributed by atoms with van der Waals surface area (Å²) in [5.74, 6) is -0.0200. The Morgan fingerprint density at radius 3 is 0.987 bits per heavy atom. The minimum Gasteiger partial charge on any atom is -0.466 e. The Bertz CT molecular complexity index is 1230. The molecule has 0 saturated heterocycles. The van der Waals surface area contributed by atoms with E-state index in [2.05, 4.69) is 43.5 Å². The molecule has 2 unspecified atom stereocenters. The summed E-state index contributed by atoms with van der Waals surface area (Å²) in [7, 11) is 0. The van der Waals surface area contributed by atoms with Gasteiger partial charge in [-0.3, -0.25) is 9.59 Å². The first-order valence-corrected chi connectivity index (χ1v) is 36.1. The van der Waals surface area contributed by atoms with Crippen LogP contribution in [0.25, 0.3) is 0 Å². The average Bonchev–Trinajstić information content (AvgIpc) is 3.45. The van der Waals surface area contributed by atoms with E-state index in [1.807, 2.05) is 0 Å². The van der Waals surface area contributed by atoms with Gasteiger partial charge in [0.1, 0.15) is 0 Å². The van der Waals surface area contributed by atoms with E-state index in [0.29, 0.717) is 25.9 Å². The lowest BCUT2D eigenvalue weighted by molar-refractivity contribution is -0.143. The Morgan fingerprint density at radius 2 is 0.633 bits per heavy atom. The fourth-order valence-electron chi connectivity index (χ4n) is 11.5. The number of unbranched alkanes of at least 4 members (excludes halogenated alkanes) is 53. The third-order valence-corrected chi connectivity index (χ3v) is 17.0. The maximum absolute atomic E-state index is 12.6. The van der Waals surface area contributed by atoms with Crippen molar-refractivity contribution in [3.05, 3.63) is 24.3 Å². The molecule has 0 rings (SSSR count). The molecule has 0 aliphatic heterocycles. The number of amides is 1. The zero-order valence-electron chi connectivity index (χ0n) is 53.6. The molecule has 0 spiro atoms. The quantitative estimate of drug-likeness (QED) is 0.0320. The molecule has 0 aliphatic rings. The largest absolute Gasteiger partial charge is 0.466 e. The highest BCUT2D eigenvalue weighted by Gasteiger charge is 2.20. The van der Waals surface area contributed by atoms with Crippen LogP contribution in [0.4, 0.5) is 0 Å². The minimum absolute atomic E-state index is 0.0106. The van der Waals surface area contributed by atoms with Gasteiger partial charge < -0.3 is 20.3 Å². The Balaban J connectivity index is 3.37. The van der Waals surface area contributed by atoms with Gasteiger partial charge in [0.15, 0.2) is 0 Å². The van der Waals surface area contributed by atoms with Gasteiger partial charge in [-0.15, -0.1) is 0 Å². The van der Waals surface area contributed by atoms with Gasteiger partial charge in [-0.05, 0) is 57.8 Å². The third-order valence-electron chi connectivity index (χ3n) is 17.0. The molecule has 2 atom stereocenters. The van der Waals surface area contributed by atoms with Crippen LogP contribution in [0.3, 0.4) is 0 Å². The van der Waals surface area contributed by atoms with Crippen LogP contribution in [0.1, 0.15) is 406 Å². The summed E-state index contributed by atoms with van der Waals surface area (Å²) in [6, 6.07) is -0.543. The van der Waals surface area contributed by atoms with Crippen molar-refractivity contribution in [2.45, 2.75) is 418 Å². The summed E-state index contributed by atoms with van der Waals surface area (Å²) in [5.41, 5.74) is 0. The zero-order valence-corrected chi connectivity index (χ0v) is 53.6. The molecule has 6 heteroatoms. The third kappa shape index (κ3) is 65.4. The van der Waals surface area contributed by atoms with Crippen LogP contribution < -0.4 is 5.32 Å². The molecule has 0 aromatic rings. The molecule has 0 fully saturated rings. The van der Waals surface area contributed by atoms with Gasteiger partial charge >= 0.3 is 5.97 Å². The highest BCUT2D eigenvalue weighted by molar-refractivity contribution is 5.76. The van der Waals surface area contributed by atoms with Crippen molar-refractivity contribution >= 4 is 11.9 Å². The van der Waals surface area contributed by atoms with Crippen molar-refractivity contribution in [1.82, 2.24) is 5.32 Å². The van der Waals surface area contributed by atoms with Crippen LogP contribution >= 0.6 is 0 Å². The van der Waals surface area contributed by atoms with Gasteiger partial charge in [-0.25, -0.2) is 0 Å². The monoisotopic (exact) mass is 1110 g/mol. The maximum atomic E-state index is 12.6. The number of rotatable bonds is 68. The summed E-state index contributed by atoms with van der Waals surface area (Å²) >= 11 is 0. The number of allylic oxidation sites excluding steroid dienone is 4. The van der Waals surface area contributed by atoms with E-state index in [-0.39, 0.29) is 18.5 Å². The topological polar surface area (TPSA) is 95.9 Å². The molecule has 0 saturated carbocycles. The highest BCUT2D eigenvalue weighted by Crippen LogP contribution is 2.19. The molecule has 1 amide bonds. The maximum Gasteiger partial charge on any atom is 0.305 e. The standard InChI is InChI=1S/C73H141NO5/c1-3-5-7-9-11-13-15-17-19-21-23-26-30-33-37-41-45-49-53-57-61-65-71(76)70(69-75)74-72(77)66-62-58-54-50-46-42-38-34-31-27-24-25-28-32-36-40-44-48-52-56-60-64-68-79-73(78)67-63-59-55-51-47-43-39-35-29-22-20-18-16-14-12-10-8-6-4-2/h12,14,18,20,70-71,75-76H,3-11,13,15-17,19,21-69H2,1-2H3,(H,74,77)/b14-12-,20-18-. The lowest BCUT2D eigenvalue weighted by Gasteiger charge is -2.22. The number of hydrogen-bond donors (Lipinski definition) is 3. The average molecular weight is 1110 g/mol. The predicted molar refractivity (Wildman–Crippen MR) is 347 cm³/mol. The molecule has 0 heterocycles. The number of hydrogen-bond acceptors (Lipinski definition) is 5. The number of ether oxygens (including phenoxy) is 1. The van der Waals surface area contributed by atoms with Crippen LogP contribution in [0.2, 0.25) is 0 Å². The molecule has 79 heavy (non-hydrogen) atoms. The van der Waals surface area contributed by atoms with Gasteiger partial charge in [0.2, 0.25) is 5.91 Å². The number of aliphatic hydroxyl groups is 2. The zero-order chi connectivity index (χ0) is 57.1. The van der Waals surface area contributed by atoms with Gasteiger partial charge in [0.05, 0.1) is 25.4 Å². The molecular weight excluding hydrogens is 971 g/mol. The van der Waals surface area contributed by atoms with Crippen LogP contribution in [0, 0.1) is 0 Å². The van der Waals surface area contributed by atoms with E-state index in [4.69, 9.17) is 4.74 Å². The number of carbonyl (C=O) groups excluding carboxylic acids is 2. The lowest BCUT2D eigenvalue weighted by atomic mass is 10.0. The van der Waals surface area contributed by atoms with Crippen molar-refractivity contribution in [3.8, 4) is 0 Å². The van der Waals surface area contributed by atoms with Gasteiger partial charge in [-0.1, -0.05) is 359 Å². The van der Waals surface area contributed by atoms with E-state index in [9.17, 15) is 19.8 Å². The second kappa shape index (κ2) is 68.8. The van der Waals surface area contributed by atoms with E-state index in [1.165, 1.54) is 321 Å². The molecule has 0 bridgehead atoms. The Morgan fingerprint density at radius 1 is 0.354 bits per heavy atom. The summed E-state index contributed by atoms with van der Waals surface area (Å²) in [6.45, 7) is 4.97. The first-order chi connectivity index (χ1) is 39.0. The SMILES string of the molecule is CCCCC/C=C\C/C=C\CCCCCCCCCCCC(=O)OCCCCCCCCCCCCCCCCCCCCCCCCC(=O)NC(CO)C(O)CCCCCCCCCCCCCCCCCCCCCCC. The van der Waals surface area contributed by atoms with Crippen LogP contribution in [-0.2, 0) is 14.3 Å². The second-order valence-corrected chi connectivity index (χ2v) is 24.9. The number of aliphatic hydroxyl groups excluding tert-OH is 2. The lowest BCUT2D eigenvalue weighted by Crippen LogP contribution is -2.45. The van der Waals surface area contributed by atoms with Gasteiger partial charge in [-0.2, -0.15) is 0 Å². The second-order valence-electron chi connectivity index (χ2n) is 24.9. The van der Waals surface area contributed by atoms with Crippen molar-refractivity contribution in [2.24, 2.45) is 0 Å². The normalized spacial score (nSPS) is 12.6. The van der Waals surface area contributed by atoms with Crippen LogP contribution in [0.5, 0.6) is 0 Å². The van der Waals surface area contributed by atoms with Gasteiger partial charge in [0.25, 0.3) is 0 Å². The van der Waals surface area contributed by atoms with Crippen molar-refractivity contribution in [1.29, 1.82) is 0 Å². The fraction of sp³-hybridized carbons (Fsp3) is 0.918. The molecule has 0 radical (unpaired) electrons. The molecule has 3 N–H and O–H groups in total. The van der Waals surface area contributed by atoms with E-state index in [0.717, 1.165) is 51.4 Å². The molecule has 468 valence electrons. The molecule has 6 nitrogen and oxygen atoms in total. The highest BCUT2D eigenvalue weighted by atomic mass is 16.5. The van der Waals surface area contributed by atoms with Crippen molar-refractivity contribution in [3.63, 3.8) is 0 Å². The summed E-state index contributed by atoms with van der Waals surface area (Å²) in [6.07, 6.45) is 86.5. The van der Waals surface area contributed by atoms with Gasteiger partial charge in [0, 0.05) is 12.8 Å². The minimum atomic E-state index is -0.666. The smallest absolute Gasteiger partial charge is 0.305 e. The number of nitrogens with one attached hydrogen (secondary N) is 1. The van der Waals surface area contributed by atoms with E-state index < -0.39 is 12.1 Å². The first kappa shape index (κ1) is 77.3.